The van der Waals surface area contributed by atoms with E-state index in [0.29, 0.717) is 62.4 Å². The highest BCUT2D eigenvalue weighted by molar-refractivity contribution is 7.90. The van der Waals surface area contributed by atoms with E-state index in [1.54, 1.807) is 20.7 Å². The van der Waals surface area contributed by atoms with Gasteiger partial charge in [0.25, 0.3) is 11.8 Å². The zero-order valence-electron chi connectivity index (χ0n) is 52.9. The van der Waals surface area contributed by atoms with E-state index in [9.17, 15) is 30.8 Å². The standard InChI is InChI=1S/C33H47FN6O3S.C33H48N6O3S/c1-23-21-38(33(4)12-16-37(17-13-33)32(41)30-24(2)35-22-36-25(30)3)18-19-40(23)31(27-6-5-7-28(34)20-27)26-10-14-39(15-11-26)44(42,43)29-8-9-29;1-24-22-37(33(4)14-18-36(19-15-33)32(40)30-25(2)34-23-35-26(30)3)20-21-39(24)31(27-8-6-5-7-9-27)28-12-16-38(17-13-28)43(41,42)29-10-11-29/h5-7,20,22-23,26,29,31H,8-19,21H2,1-4H3;5-9,23-24,28-29,31H,10-22H2,1-4H3/t23-,31+;24-,31-/m00/s1. The van der Waals surface area contributed by atoms with Gasteiger partial charge in [0.05, 0.1) is 44.4 Å². The fourth-order valence-corrected chi connectivity index (χ4v) is 19.5. The lowest BCUT2D eigenvalue weighted by atomic mass is 9.82. The molecule has 0 bridgehead atoms. The summed E-state index contributed by atoms with van der Waals surface area (Å²) in [4.78, 5) is 58.3. The van der Waals surface area contributed by atoms with Gasteiger partial charge in [-0.15, -0.1) is 0 Å². The normalized spacial score (nSPS) is 25.3. The van der Waals surface area contributed by atoms with Crippen LogP contribution < -0.4 is 0 Å². The fraction of sp³-hybridized carbons (Fsp3) is 0.667. The van der Waals surface area contributed by atoms with Crippen molar-refractivity contribution in [3.8, 4) is 0 Å². The molecule has 0 spiro atoms. The third-order valence-corrected chi connectivity index (χ3v) is 26.4. The topological polar surface area (TPSA) is 180 Å². The second-order valence-electron chi connectivity index (χ2n) is 27.3. The first-order valence-corrected chi connectivity index (χ1v) is 35.5. The molecule has 87 heavy (non-hydrogen) atoms. The van der Waals surface area contributed by atoms with Gasteiger partial charge in [-0.25, -0.2) is 49.8 Å². The quantitative estimate of drug-likeness (QED) is 0.118. The molecular weight excluding hydrogens is 1140 g/mol. The molecule has 4 atom stereocenters. The van der Waals surface area contributed by atoms with Crippen LogP contribution in [-0.4, -0.2) is 212 Å². The zero-order valence-corrected chi connectivity index (χ0v) is 54.5. The van der Waals surface area contributed by atoms with Crippen molar-refractivity contribution >= 4 is 31.9 Å². The van der Waals surface area contributed by atoms with E-state index in [4.69, 9.17) is 0 Å². The Bertz CT molecular complexity index is 3260. The number of benzene rings is 2. The summed E-state index contributed by atoms with van der Waals surface area (Å²) in [6.07, 6.45) is 13.3. The Morgan fingerprint density at radius 2 is 0.862 bits per heavy atom. The average Bonchev–Trinajstić information content (AvgIpc) is 2.60. The summed E-state index contributed by atoms with van der Waals surface area (Å²) >= 11 is 0. The number of halogens is 1. The van der Waals surface area contributed by atoms with Crippen LogP contribution in [0.5, 0.6) is 0 Å². The number of likely N-dealkylation sites (tertiary alicyclic amines) is 2. The number of carbonyl (C=O) groups excluding carboxylic acids is 2. The summed E-state index contributed by atoms with van der Waals surface area (Å²) in [5, 5.41) is -0.313. The number of sulfonamides is 2. The number of rotatable bonds is 14. The molecule has 18 nitrogen and oxygen atoms in total. The molecule has 8 fully saturated rings. The molecule has 474 valence electrons. The van der Waals surface area contributed by atoms with E-state index in [2.05, 4.69) is 97.6 Å². The van der Waals surface area contributed by atoms with Crippen LogP contribution in [0.25, 0.3) is 0 Å². The van der Waals surface area contributed by atoms with Crippen molar-refractivity contribution in [2.75, 3.05) is 91.6 Å². The molecule has 8 heterocycles. The van der Waals surface area contributed by atoms with Gasteiger partial charge >= 0.3 is 0 Å². The van der Waals surface area contributed by atoms with E-state index in [-0.39, 0.29) is 63.3 Å². The molecule has 2 aromatic carbocycles. The number of piperazine rings is 2. The van der Waals surface area contributed by atoms with E-state index in [0.717, 1.165) is 158 Å². The van der Waals surface area contributed by atoms with E-state index in [1.807, 2.05) is 43.6 Å². The van der Waals surface area contributed by atoms with Crippen molar-refractivity contribution in [3.63, 3.8) is 0 Å². The highest BCUT2D eigenvalue weighted by Crippen LogP contribution is 2.44. The lowest BCUT2D eigenvalue weighted by molar-refractivity contribution is -0.0422. The molecule has 12 rings (SSSR count). The molecule has 2 aliphatic carbocycles. The van der Waals surface area contributed by atoms with Gasteiger partial charge in [-0.2, -0.15) is 0 Å². The van der Waals surface area contributed by atoms with Crippen LogP contribution in [0.2, 0.25) is 0 Å². The Morgan fingerprint density at radius 3 is 1.22 bits per heavy atom. The van der Waals surface area contributed by atoms with Gasteiger partial charge in [0.15, 0.2) is 0 Å². The summed E-state index contributed by atoms with van der Waals surface area (Å²) in [5.41, 5.74) is 6.60. The molecular formula is C66H95FN12O6S2. The molecule has 2 aromatic heterocycles. The minimum absolute atomic E-state index is 0.00866. The van der Waals surface area contributed by atoms with E-state index in [1.165, 1.54) is 24.3 Å². The molecule has 8 aliphatic rings. The van der Waals surface area contributed by atoms with Crippen molar-refractivity contribution in [1.82, 2.24) is 57.9 Å². The molecule has 2 saturated carbocycles. The van der Waals surface area contributed by atoms with Gasteiger partial charge in [0, 0.05) is 127 Å². The number of piperidine rings is 4. The highest BCUT2D eigenvalue weighted by Gasteiger charge is 2.48. The minimum Gasteiger partial charge on any atom is -0.338 e. The van der Waals surface area contributed by atoms with Crippen LogP contribution in [0.15, 0.2) is 67.3 Å². The maximum absolute atomic E-state index is 14.5. The van der Waals surface area contributed by atoms with E-state index < -0.39 is 20.0 Å². The number of hydrogen-bond donors (Lipinski definition) is 0. The average molecular weight is 1240 g/mol. The maximum Gasteiger partial charge on any atom is 0.257 e. The molecule has 0 N–H and O–H groups in total. The van der Waals surface area contributed by atoms with Crippen molar-refractivity contribution in [2.24, 2.45) is 11.8 Å². The summed E-state index contributed by atoms with van der Waals surface area (Å²) < 4.78 is 69.6. The van der Waals surface area contributed by atoms with Crippen LogP contribution >= 0.6 is 0 Å². The lowest BCUT2D eigenvalue weighted by Crippen LogP contribution is -2.63. The first-order valence-electron chi connectivity index (χ1n) is 32.5. The van der Waals surface area contributed by atoms with Gasteiger partial charge < -0.3 is 9.80 Å². The number of amides is 2. The summed E-state index contributed by atoms with van der Waals surface area (Å²) in [6, 6.07) is 18.8. The molecule has 2 amide bonds. The van der Waals surface area contributed by atoms with Crippen LogP contribution in [0, 0.1) is 45.3 Å². The van der Waals surface area contributed by atoms with Crippen LogP contribution in [0.4, 0.5) is 4.39 Å². The lowest BCUT2D eigenvalue weighted by Gasteiger charge is -2.54. The molecule has 0 unspecified atom stereocenters. The number of carbonyl (C=O) groups is 2. The number of aryl methyl sites for hydroxylation is 4. The van der Waals surface area contributed by atoms with E-state index >= 15 is 0 Å². The van der Waals surface area contributed by atoms with Crippen molar-refractivity contribution in [1.29, 1.82) is 0 Å². The first-order chi connectivity index (χ1) is 41.6. The van der Waals surface area contributed by atoms with Crippen molar-refractivity contribution in [2.45, 2.75) is 178 Å². The van der Waals surface area contributed by atoms with Crippen LogP contribution in [0.3, 0.4) is 0 Å². The molecule has 6 aliphatic heterocycles. The Labute approximate surface area is 517 Å². The van der Waals surface area contributed by atoms with Crippen molar-refractivity contribution in [3.05, 3.63) is 118 Å². The fourth-order valence-electron chi connectivity index (χ4n) is 15.7. The van der Waals surface area contributed by atoms with Gasteiger partial charge in [-0.1, -0.05) is 42.5 Å². The molecule has 21 heteroatoms. The monoisotopic (exact) mass is 1230 g/mol. The van der Waals surface area contributed by atoms with Crippen LogP contribution in [0.1, 0.15) is 171 Å². The molecule has 6 saturated heterocycles. The summed E-state index contributed by atoms with van der Waals surface area (Å²) in [6.45, 7) is 27.8. The third-order valence-electron chi connectivity index (χ3n) is 21.6. The van der Waals surface area contributed by atoms with Gasteiger partial charge in [0.2, 0.25) is 20.0 Å². The smallest absolute Gasteiger partial charge is 0.257 e. The second kappa shape index (κ2) is 26.2. The number of nitrogens with zero attached hydrogens (tertiary/aromatic N) is 12. The largest absolute Gasteiger partial charge is 0.338 e. The highest BCUT2D eigenvalue weighted by atomic mass is 32.2. The molecule has 0 radical (unpaired) electrons. The Hall–Kier alpha value is -4.87. The van der Waals surface area contributed by atoms with Crippen molar-refractivity contribution < 1.29 is 30.8 Å². The third kappa shape index (κ3) is 13.6. The number of aromatic nitrogens is 4. The van der Waals surface area contributed by atoms with Gasteiger partial charge in [0.1, 0.15) is 18.5 Å². The van der Waals surface area contributed by atoms with Gasteiger partial charge in [-0.05, 0) is 168 Å². The predicted octanol–water partition coefficient (Wildman–Crippen LogP) is 8.22. The minimum atomic E-state index is -3.18. The summed E-state index contributed by atoms with van der Waals surface area (Å²) in [7, 11) is -6.29. The van der Waals surface area contributed by atoms with Gasteiger partial charge in [-0.3, -0.25) is 29.2 Å². The second-order valence-corrected chi connectivity index (χ2v) is 31.7. The summed E-state index contributed by atoms with van der Waals surface area (Å²) in [5.74, 6) is 0.539. The Kier molecular flexibility index (Phi) is 19.1. The van der Waals surface area contributed by atoms with Crippen LogP contribution in [-0.2, 0) is 20.0 Å². The first kappa shape index (κ1) is 63.7. The number of hydrogen-bond acceptors (Lipinski definition) is 14. The maximum atomic E-state index is 14.5. The molecule has 4 aromatic rings. The SMILES string of the molecule is Cc1ncnc(C)c1C(=O)N1CCC(C)(N2CCN([C@@H](c3cccc(F)c3)C3CCN(S(=O)(=O)C4CC4)CC3)[C@@H](C)C2)CC1.Cc1ncnc(C)c1C(=O)N1CCC(C)(N2CCN([C@@H](c3ccccc3)C3CCN(S(=O)(=O)C4CC4)CC3)[C@@H](C)C2)CC1. The zero-order chi connectivity index (χ0) is 61.6. The predicted molar refractivity (Wildman–Crippen MR) is 336 cm³/mol. The Balaban J connectivity index is 0.000000180. The Morgan fingerprint density at radius 1 is 0.494 bits per heavy atom.